The predicted octanol–water partition coefficient (Wildman–Crippen LogP) is 2.47. The van der Waals surface area contributed by atoms with Gasteiger partial charge in [-0.3, -0.25) is 0 Å². The molecule has 2 rings (SSSR count). The van der Waals surface area contributed by atoms with Gasteiger partial charge in [0.05, 0.1) is 0 Å². The van der Waals surface area contributed by atoms with E-state index in [9.17, 15) is 0 Å². The molecule has 0 bridgehead atoms. The lowest BCUT2D eigenvalue weighted by Crippen LogP contribution is -1.95. The van der Waals surface area contributed by atoms with E-state index in [4.69, 9.17) is 5.73 Å². The molecule has 0 spiro atoms. The second-order valence-corrected chi connectivity index (χ2v) is 4.29. The van der Waals surface area contributed by atoms with Crippen LogP contribution in [0.5, 0.6) is 0 Å². The summed E-state index contributed by atoms with van der Waals surface area (Å²) in [5, 5.41) is 0. The van der Waals surface area contributed by atoms with E-state index in [2.05, 4.69) is 19.1 Å². The van der Waals surface area contributed by atoms with Gasteiger partial charge in [0.2, 0.25) is 0 Å². The average molecular weight is 177 g/mol. The van der Waals surface area contributed by atoms with Crippen molar-refractivity contribution in [1.82, 2.24) is 0 Å². The Morgan fingerprint density at radius 3 is 3.17 bits per heavy atom. The van der Waals surface area contributed by atoms with Crippen LogP contribution >= 0.6 is 11.3 Å². The quantitative estimate of drug-likeness (QED) is 0.647. The van der Waals surface area contributed by atoms with Crippen LogP contribution in [0.4, 0.5) is 0 Å². The van der Waals surface area contributed by atoms with Crippen LogP contribution in [0.3, 0.4) is 0 Å². The molecule has 0 atom stereocenters. The van der Waals surface area contributed by atoms with Gasteiger partial charge in [0.25, 0.3) is 0 Å². The van der Waals surface area contributed by atoms with E-state index < -0.39 is 0 Å². The molecule has 0 amide bonds. The average Bonchev–Trinajstić information content (AvgIpc) is 2.33. The summed E-state index contributed by atoms with van der Waals surface area (Å²) in [5.41, 5.74) is 7.99. The van der Waals surface area contributed by atoms with Crippen LogP contribution in [-0.4, -0.2) is 0 Å². The van der Waals surface area contributed by atoms with Crippen molar-refractivity contribution in [2.75, 3.05) is 0 Å². The SMILES string of the molecule is Cc1cc2c(s1)CC=CC=C2N. The van der Waals surface area contributed by atoms with Crippen molar-refractivity contribution < 1.29 is 0 Å². The zero-order chi connectivity index (χ0) is 8.55. The third-order valence-corrected chi connectivity index (χ3v) is 3.03. The van der Waals surface area contributed by atoms with Gasteiger partial charge in [0.1, 0.15) is 0 Å². The molecular weight excluding hydrogens is 166 g/mol. The van der Waals surface area contributed by atoms with Gasteiger partial charge in [0, 0.05) is 27.4 Å². The first-order chi connectivity index (χ1) is 5.77. The highest BCUT2D eigenvalue weighted by Crippen LogP contribution is 2.27. The van der Waals surface area contributed by atoms with Crippen LogP contribution in [0.2, 0.25) is 0 Å². The Labute approximate surface area is 76.2 Å². The van der Waals surface area contributed by atoms with E-state index in [-0.39, 0.29) is 0 Å². The van der Waals surface area contributed by atoms with Crippen molar-refractivity contribution >= 4 is 17.0 Å². The summed E-state index contributed by atoms with van der Waals surface area (Å²) in [6.45, 7) is 2.12. The first kappa shape index (κ1) is 7.62. The van der Waals surface area contributed by atoms with Crippen molar-refractivity contribution in [2.24, 2.45) is 5.73 Å². The molecule has 1 aromatic rings. The Morgan fingerprint density at radius 2 is 2.33 bits per heavy atom. The summed E-state index contributed by atoms with van der Waals surface area (Å²) in [4.78, 5) is 2.72. The first-order valence-electron chi connectivity index (χ1n) is 3.99. The molecule has 12 heavy (non-hydrogen) atoms. The molecule has 0 saturated heterocycles. The number of rotatable bonds is 0. The summed E-state index contributed by atoms with van der Waals surface area (Å²) in [6.07, 6.45) is 7.16. The van der Waals surface area contributed by atoms with Gasteiger partial charge in [-0.05, 0) is 19.1 Å². The van der Waals surface area contributed by atoms with Crippen molar-refractivity contribution in [3.8, 4) is 0 Å². The number of nitrogens with two attached hydrogens (primary N) is 1. The van der Waals surface area contributed by atoms with E-state index in [1.807, 2.05) is 23.5 Å². The van der Waals surface area contributed by atoms with Gasteiger partial charge >= 0.3 is 0 Å². The van der Waals surface area contributed by atoms with Crippen LogP contribution in [0, 0.1) is 6.92 Å². The van der Waals surface area contributed by atoms with Gasteiger partial charge in [-0.2, -0.15) is 0 Å². The van der Waals surface area contributed by atoms with Crippen LogP contribution < -0.4 is 5.73 Å². The number of aryl methyl sites for hydroxylation is 1. The normalized spacial score (nSPS) is 15.2. The Hall–Kier alpha value is -1.02. The maximum Gasteiger partial charge on any atom is 0.0399 e. The fourth-order valence-corrected chi connectivity index (χ4v) is 2.43. The molecule has 62 valence electrons. The largest absolute Gasteiger partial charge is 0.398 e. The highest BCUT2D eigenvalue weighted by molar-refractivity contribution is 7.12. The Morgan fingerprint density at radius 1 is 1.50 bits per heavy atom. The summed E-state index contributed by atoms with van der Waals surface area (Å²) in [7, 11) is 0. The fraction of sp³-hybridized carbons (Fsp3) is 0.200. The molecule has 2 heteroatoms. The lowest BCUT2D eigenvalue weighted by molar-refractivity contribution is 1.33. The monoisotopic (exact) mass is 177 g/mol. The molecule has 1 heterocycles. The topological polar surface area (TPSA) is 26.0 Å². The lowest BCUT2D eigenvalue weighted by atomic mass is 10.2. The van der Waals surface area contributed by atoms with E-state index in [1.165, 1.54) is 15.3 Å². The third kappa shape index (κ3) is 1.18. The molecule has 0 fully saturated rings. The molecular formula is C10H11NS. The fourth-order valence-electron chi connectivity index (χ4n) is 1.40. The Kier molecular flexibility index (Phi) is 1.77. The number of hydrogen-bond acceptors (Lipinski definition) is 2. The Bertz CT molecular complexity index is 358. The highest BCUT2D eigenvalue weighted by atomic mass is 32.1. The number of allylic oxidation sites excluding steroid dienone is 3. The van der Waals surface area contributed by atoms with Gasteiger partial charge in [0.15, 0.2) is 0 Å². The lowest BCUT2D eigenvalue weighted by Gasteiger charge is -1.97. The minimum Gasteiger partial charge on any atom is -0.398 e. The maximum atomic E-state index is 5.88. The smallest absolute Gasteiger partial charge is 0.0399 e. The zero-order valence-electron chi connectivity index (χ0n) is 7.00. The molecule has 0 aliphatic heterocycles. The van der Waals surface area contributed by atoms with Crippen LogP contribution in [-0.2, 0) is 6.42 Å². The van der Waals surface area contributed by atoms with Crippen molar-refractivity contribution in [2.45, 2.75) is 13.3 Å². The van der Waals surface area contributed by atoms with Crippen LogP contribution in [0.1, 0.15) is 15.3 Å². The van der Waals surface area contributed by atoms with Crippen molar-refractivity contribution in [3.63, 3.8) is 0 Å². The molecule has 0 aromatic carbocycles. The number of thiophene rings is 1. The third-order valence-electron chi connectivity index (χ3n) is 1.96. The van der Waals surface area contributed by atoms with Gasteiger partial charge in [-0.15, -0.1) is 11.3 Å². The summed E-state index contributed by atoms with van der Waals surface area (Å²) in [6, 6.07) is 2.17. The Balaban J connectivity index is 2.56. The van der Waals surface area contributed by atoms with Crippen molar-refractivity contribution in [3.05, 3.63) is 39.6 Å². The molecule has 1 aliphatic carbocycles. The molecule has 0 unspecified atom stereocenters. The molecule has 1 aliphatic rings. The van der Waals surface area contributed by atoms with E-state index in [1.54, 1.807) is 0 Å². The molecule has 0 radical (unpaired) electrons. The predicted molar refractivity (Wildman–Crippen MR) is 54.1 cm³/mol. The summed E-state index contributed by atoms with van der Waals surface area (Å²) >= 11 is 1.84. The first-order valence-corrected chi connectivity index (χ1v) is 4.81. The minimum absolute atomic E-state index is 0.892. The second-order valence-electron chi connectivity index (χ2n) is 2.95. The van der Waals surface area contributed by atoms with Gasteiger partial charge in [-0.1, -0.05) is 12.2 Å². The molecule has 2 N–H and O–H groups in total. The standard InChI is InChI=1S/C10H11NS/c1-7-6-8-9(11)4-2-3-5-10(8)12-7/h2-4,6H,5,11H2,1H3. The molecule has 1 aromatic heterocycles. The summed E-state index contributed by atoms with van der Waals surface area (Å²) in [5.74, 6) is 0. The van der Waals surface area contributed by atoms with Crippen LogP contribution in [0.15, 0.2) is 24.3 Å². The molecule has 1 nitrogen and oxygen atoms in total. The number of fused-ring (bicyclic) bond motifs is 1. The van der Waals surface area contributed by atoms with Gasteiger partial charge < -0.3 is 5.73 Å². The van der Waals surface area contributed by atoms with Crippen LogP contribution in [0.25, 0.3) is 5.70 Å². The number of hydrogen-bond donors (Lipinski definition) is 1. The summed E-state index contributed by atoms with van der Waals surface area (Å²) < 4.78 is 0. The highest BCUT2D eigenvalue weighted by Gasteiger charge is 2.08. The van der Waals surface area contributed by atoms with Gasteiger partial charge in [-0.25, -0.2) is 0 Å². The van der Waals surface area contributed by atoms with E-state index in [0.29, 0.717) is 0 Å². The maximum absolute atomic E-state index is 5.88. The van der Waals surface area contributed by atoms with E-state index in [0.717, 1.165) is 12.1 Å². The molecule has 0 saturated carbocycles. The minimum atomic E-state index is 0.892. The van der Waals surface area contributed by atoms with Crippen molar-refractivity contribution in [1.29, 1.82) is 0 Å². The zero-order valence-corrected chi connectivity index (χ0v) is 7.82. The second kappa shape index (κ2) is 2.79. The van der Waals surface area contributed by atoms with E-state index >= 15 is 0 Å².